The summed E-state index contributed by atoms with van der Waals surface area (Å²) in [6, 6.07) is 59.0. The summed E-state index contributed by atoms with van der Waals surface area (Å²) < 4.78 is 58.8. The summed E-state index contributed by atoms with van der Waals surface area (Å²) in [6.45, 7) is 8.46. The Morgan fingerprint density at radius 3 is 0.475 bits per heavy atom. The van der Waals surface area contributed by atoms with Gasteiger partial charge in [0, 0.05) is 92.4 Å². The Morgan fingerprint density at radius 1 is 0.200 bits per heavy atom. The fourth-order valence-electron chi connectivity index (χ4n) is 13.0. The monoisotopic (exact) mass is 1040 g/mol. The Labute approximate surface area is 460 Å². The first-order valence-corrected chi connectivity index (χ1v) is 27.3. The van der Waals surface area contributed by atoms with Crippen LogP contribution in [0.2, 0.25) is 0 Å². The van der Waals surface area contributed by atoms with Crippen LogP contribution in [0.4, 0.5) is 0 Å². The van der Waals surface area contributed by atoms with Crippen molar-refractivity contribution in [3.8, 4) is 92.0 Å². The normalized spacial score (nSPS) is 13.8. The average Bonchev–Trinajstić information content (AvgIpc) is 3.66. The first-order chi connectivity index (χ1) is 39.2. The largest absolute Gasteiger partial charge is 0.453 e. The summed E-state index contributed by atoms with van der Waals surface area (Å²) in [4.78, 5) is 0. The van der Waals surface area contributed by atoms with Crippen molar-refractivity contribution in [2.75, 3.05) is 0 Å². The van der Waals surface area contributed by atoms with E-state index in [0.29, 0.717) is 118 Å². The first kappa shape index (κ1) is 45.1. The van der Waals surface area contributed by atoms with Gasteiger partial charge in [-0.25, -0.2) is 0 Å². The molecule has 0 saturated carbocycles. The number of hydrogen-bond acceptors (Lipinski definition) is 8. The Balaban J connectivity index is 1.01. The zero-order valence-electron chi connectivity index (χ0n) is 44.3. The Hall–Kier alpha value is -9.92. The maximum absolute atomic E-state index is 7.35. The van der Waals surface area contributed by atoms with Crippen molar-refractivity contribution in [2.45, 2.75) is 53.4 Å². The zero-order valence-corrected chi connectivity index (χ0v) is 44.3. The number of rotatable bonds is 0. The van der Waals surface area contributed by atoms with Crippen LogP contribution in [0.3, 0.4) is 0 Å². The van der Waals surface area contributed by atoms with Gasteiger partial charge >= 0.3 is 0 Å². The minimum atomic E-state index is 0.469. The quantitative estimate of drug-likeness (QED) is 0.149. The lowest BCUT2D eigenvalue weighted by molar-refractivity contribution is 0.395. The molecule has 0 atom stereocenters. The molecule has 0 aromatic heterocycles. The van der Waals surface area contributed by atoms with Crippen LogP contribution in [0.5, 0.6) is 92.0 Å². The summed E-state index contributed by atoms with van der Waals surface area (Å²) in [6.07, 6.45) is 1.87. The molecule has 0 saturated heterocycles. The van der Waals surface area contributed by atoms with Gasteiger partial charge in [0.25, 0.3) is 0 Å². The molecule has 0 amide bonds. The summed E-state index contributed by atoms with van der Waals surface area (Å²) in [5, 5.41) is 8.21. The number of hydrogen-bond donors (Lipinski definition) is 0. The topological polar surface area (TPSA) is 73.8 Å². The minimum absolute atomic E-state index is 0.469. The van der Waals surface area contributed by atoms with Gasteiger partial charge in [-0.05, 0) is 144 Å². The van der Waals surface area contributed by atoms with Crippen molar-refractivity contribution >= 4 is 43.1 Å². The van der Waals surface area contributed by atoms with Crippen LogP contribution in [-0.2, 0) is 25.7 Å². The van der Waals surface area contributed by atoms with E-state index in [1.54, 1.807) is 0 Å². The fraction of sp³-hybridized carbons (Fsp3) is 0.111. The van der Waals surface area contributed by atoms with Crippen molar-refractivity contribution in [3.63, 3.8) is 0 Å². The number of benzene rings is 12. The third kappa shape index (κ3) is 6.94. The van der Waals surface area contributed by atoms with Gasteiger partial charge in [-0.2, -0.15) is 0 Å². The number of fused-ring (bicyclic) bond motifs is 8. The van der Waals surface area contributed by atoms with Crippen molar-refractivity contribution in [1.82, 2.24) is 0 Å². The van der Waals surface area contributed by atoms with Gasteiger partial charge in [0.2, 0.25) is 0 Å². The second-order valence-corrected chi connectivity index (χ2v) is 22.0. The zero-order chi connectivity index (χ0) is 53.1. The first-order valence-electron chi connectivity index (χ1n) is 27.3. The smallest absolute Gasteiger partial charge is 0.170 e. The van der Waals surface area contributed by atoms with Gasteiger partial charge in [-0.1, -0.05) is 97.1 Å². The van der Waals surface area contributed by atoms with E-state index in [0.717, 1.165) is 110 Å². The highest BCUT2D eigenvalue weighted by molar-refractivity contribution is 5.90. The molecule has 80 heavy (non-hydrogen) atoms. The van der Waals surface area contributed by atoms with Crippen molar-refractivity contribution < 1.29 is 37.9 Å². The van der Waals surface area contributed by atoms with Gasteiger partial charge in [-0.3, -0.25) is 0 Å². The van der Waals surface area contributed by atoms with Crippen LogP contribution in [0, 0.1) is 27.7 Å². The molecule has 4 aliphatic heterocycles. The SMILES string of the molecule is Cc1c2c3cc4c1Oc1cc5ccccc5cc1Oc1c(cc5c(c1C)Oc1cc6ccccc6cc1Oc1c(cc6c(c1C)Oc1cc7ccccc7cc1Oc1c(cc(c(c1C)Oc1cc7ccccc7cc1O2)C3)C6)C5)C4. The fourth-order valence-corrected chi connectivity index (χ4v) is 13.0. The summed E-state index contributed by atoms with van der Waals surface area (Å²) in [7, 11) is 0. The van der Waals surface area contributed by atoms with Gasteiger partial charge in [0.15, 0.2) is 46.0 Å². The lowest BCUT2D eigenvalue weighted by atomic mass is 9.88. The molecule has 384 valence electrons. The van der Waals surface area contributed by atoms with Crippen LogP contribution >= 0.6 is 0 Å². The summed E-state index contributed by atoms with van der Waals surface area (Å²) in [5.74, 6) is 10.3. The van der Waals surface area contributed by atoms with E-state index in [1.165, 1.54) is 0 Å². The second kappa shape index (κ2) is 16.8. The molecule has 5 aliphatic rings. The molecule has 0 fully saturated rings. The highest BCUT2D eigenvalue weighted by atomic mass is 16.5. The molecule has 0 radical (unpaired) electrons. The van der Waals surface area contributed by atoms with Crippen molar-refractivity contribution in [1.29, 1.82) is 0 Å². The predicted molar refractivity (Wildman–Crippen MR) is 312 cm³/mol. The van der Waals surface area contributed by atoms with E-state index < -0.39 is 0 Å². The molecule has 4 heterocycles. The highest BCUT2D eigenvalue weighted by Gasteiger charge is 2.34. The minimum Gasteiger partial charge on any atom is -0.453 e. The Bertz CT molecular complexity index is 3900. The van der Waals surface area contributed by atoms with Crippen LogP contribution in [-0.4, -0.2) is 0 Å². The van der Waals surface area contributed by atoms with Crippen LogP contribution in [0.1, 0.15) is 66.8 Å². The molecule has 12 aromatic carbocycles. The summed E-state index contributed by atoms with van der Waals surface area (Å²) >= 11 is 0. The third-order valence-electron chi connectivity index (χ3n) is 16.9. The molecule has 1 aliphatic carbocycles. The molecule has 8 nitrogen and oxygen atoms in total. The third-order valence-corrected chi connectivity index (χ3v) is 16.9. The second-order valence-electron chi connectivity index (χ2n) is 22.0. The van der Waals surface area contributed by atoms with Crippen molar-refractivity contribution in [2.24, 2.45) is 0 Å². The number of ether oxygens (including phenoxy) is 8. The molecule has 0 N–H and O–H groups in total. The van der Waals surface area contributed by atoms with Gasteiger partial charge in [0.1, 0.15) is 46.0 Å². The van der Waals surface area contributed by atoms with E-state index in [-0.39, 0.29) is 0 Å². The van der Waals surface area contributed by atoms with Crippen LogP contribution in [0.15, 0.2) is 170 Å². The van der Waals surface area contributed by atoms with E-state index in [4.69, 9.17) is 37.9 Å². The predicted octanol–water partition coefficient (Wildman–Crippen LogP) is 19.8. The molecular weight excluding hydrogens is 993 g/mol. The maximum Gasteiger partial charge on any atom is 0.170 e. The van der Waals surface area contributed by atoms with Gasteiger partial charge in [-0.15, -0.1) is 0 Å². The molecular formula is C72H48O8. The molecule has 0 unspecified atom stereocenters. The lowest BCUT2D eigenvalue weighted by Crippen LogP contribution is -2.07. The van der Waals surface area contributed by atoms with Crippen LogP contribution < -0.4 is 37.9 Å². The Morgan fingerprint density at radius 2 is 0.338 bits per heavy atom. The molecule has 12 aromatic rings. The van der Waals surface area contributed by atoms with E-state index in [2.05, 4.69) is 198 Å². The molecule has 8 heteroatoms. The maximum atomic E-state index is 7.35. The van der Waals surface area contributed by atoms with Gasteiger partial charge in [0.05, 0.1) is 0 Å². The lowest BCUT2D eigenvalue weighted by Gasteiger charge is -2.23. The van der Waals surface area contributed by atoms with E-state index >= 15 is 0 Å². The molecule has 0 spiro atoms. The average molecular weight is 1040 g/mol. The van der Waals surface area contributed by atoms with E-state index in [9.17, 15) is 0 Å². The molecule has 17 rings (SSSR count). The summed E-state index contributed by atoms with van der Waals surface area (Å²) in [5.41, 5.74) is 11.3. The Kier molecular flexibility index (Phi) is 9.47. The van der Waals surface area contributed by atoms with Crippen LogP contribution in [0.25, 0.3) is 43.1 Å². The highest BCUT2D eigenvalue weighted by Crippen LogP contribution is 2.56. The van der Waals surface area contributed by atoms with Crippen molar-refractivity contribution in [3.05, 3.63) is 237 Å². The molecule has 8 bridgehead atoms. The van der Waals surface area contributed by atoms with Gasteiger partial charge < -0.3 is 37.9 Å². The van der Waals surface area contributed by atoms with E-state index in [1.807, 2.05) is 0 Å². The standard InChI is InChI=1S/C72H48O8/c1-37-65-49-21-50-26-52-23-54-28-56-24-55-27-53-22-51(25-49)67(75-59-31-43-15-7-5-13-41(43)29-57(59)73-65)38(2)69(53)77-61-33-45-17-9-11-19-47(45)35-63(61)79-71(55)40(4)72(56)80-64-36-48-20-12-10-18-46(48)34-62(64)78-70(54)39(3)68(52)76-60-32-44-16-8-6-14-42(44)30-58(60)74-66(37)50/h5-24,29-36H,25-28H2,1-4H3.